The Bertz CT molecular complexity index is 11.7. The van der Waals surface area contributed by atoms with Gasteiger partial charge in [0.1, 0.15) is 0 Å². The van der Waals surface area contributed by atoms with Crippen molar-refractivity contribution in [2.75, 3.05) is 0 Å². The molecule has 0 amide bonds. The fourth-order valence-electron chi connectivity index (χ4n) is 0. The molecule has 0 aromatic rings. The van der Waals surface area contributed by atoms with E-state index in [4.69, 9.17) is 0 Å². The van der Waals surface area contributed by atoms with E-state index in [-0.39, 0.29) is 105 Å². The van der Waals surface area contributed by atoms with Crippen molar-refractivity contribution >= 4 is 26.2 Å². The summed E-state index contributed by atoms with van der Waals surface area (Å²) in [6, 6.07) is 0. The van der Waals surface area contributed by atoms with E-state index < -0.39 is 0 Å². The molecule has 0 saturated heterocycles. The summed E-state index contributed by atoms with van der Waals surface area (Å²) in [5, 5.41) is 0. The minimum absolute atomic E-state index is 0. The smallest absolute Gasteiger partial charge is 0.870 e. The fraction of sp³-hybridized carbons (Fsp3) is 0. The normalized spacial score (nSPS) is 0. The van der Waals surface area contributed by atoms with Gasteiger partial charge < -0.3 is 21.9 Å². The van der Waals surface area contributed by atoms with Gasteiger partial charge in [-0.05, 0) is 0 Å². The molecule has 0 aliphatic rings. The Kier molecular flexibility index (Phi) is 1070. The fourth-order valence-corrected chi connectivity index (χ4v) is 0. The first kappa shape index (κ1) is 104. The van der Waals surface area contributed by atoms with Gasteiger partial charge in [-0.3, -0.25) is 0 Å². The van der Waals surface area contributed by atoms with Gasteiger partial charge in [0, 0.05) is 21.7 Å². The Morgan fingerprint density at radius 3 is 0.571 bits per heavy atom. The molecule has 0 aromatic carbocycles. The van der Waals surface area contributed by atoms with Crippen molar-refractivity contribution in [3.8, 4) is 0 Å². The van der Waals surface area contributed by atoms with Crippen LogP contribution >= 0.6 is 0 Å². The van der Waals surface area contributed by atoms with Crippen LogP contribution in [0.4, 0.5) is 0 Å². The predicted molar refractivity (Wildman–Crippen MR) is 13.5 cm³/mol. The summed E-state index contributed by atoms with van der Waals surface area (Å²) in [6.45, 7) is 0. The van der Waals surface area contributed by atoms with Crippen molar-refractivity contribution in [1.29, 1.82) is 0 Å². The molecular formula is H4BiLaO4Ti+2. The van der Waals surface area contributed by atoms with Gasteiger partial charge in [-0.2, -0.15) is 0 Å². The van der Waals surface area contributed by atoms with Crippen LogP contribution < -0.4 is 0 Å². The van der Waals surface area contributed by atoms with Crippen LogP contribution in [0.5, 0.6) is 0 Å². The van der Waals surface area contributed by atoms with Crippen LogP contribution in [0.2, 0.25) is 0 Å². The summed E-state index contributed by atoms with van der Waals surface area (Å²) in [7, 11) is 0. The molecule has 0 aliphatic carbocycles. The van der Waals surface area contributed by atoms with Crippen LogP contribution in [0.1, 0.15) is 0 Å². The molecule has 0 spiro atoms. The summed E-state index contributed by atoms with van der Waals surface area (Å²) in [5.74, 6) is 0. The average Bonchev–Trinajstić information content (AvgIpc) is 0. The predicted octanol–water partition coefficient (Wildman–Crippen LogP) is -1.09. The molecule has 7 heavy (non-hydrogen) atoms. The van der Waals surface area contributed by atoms with E-state index in [0.717, 1.165) is 0 Å². The van der Waals surface area contributed by atoms with Crippen molar-refractivity contribution in [3.05, 3.63) is 0 Å². The topological polar surface area (TPSA) is 120 Å². The van der Waals surface area contributed by atoms with Crippen LogP contribution in [0.25, 0.3) is 0 Å². The van der Waals surface area contributed by atoms with E-state index in [9.17, 15) is 0 Å². The first-order valence-electron chi connectivity index (χ1n) is 0. The van der Waals surface area contributed by atoms with Crippen LogP contribution in [0, 0.1) is 35.6 Å². The monoisotopic (exact) mass is 464 g/mol. The summed E-state index contributed by atoms with van der Waals surface area (Å²) in [6.07, 6.45) is 0. The molecule has 0 unspecified atom stereocenters. The number of hydrogen-bond acceptors (Lipinski definition) is 4. The molecule has 0 aromatic heterocycles. The molecule has 0 heterocycles. The third-order valence-electron chi connectivity index (χ3n) is 0. The number of hydrogen-bond donors (Lipinski definition) is 0. The van der Waals surface area contributed by atoms with E-state index >= 15 is 0 Å². The molecule has 2 radical (unpaired) electrons. The van der Waals surface area contributed by atoms with Crippen molar-refractivity contribution in [2.45, 2.75) is 0 Å². The molecule has 0 fully saturated rings. The van der Waals surface area contributed by atoms with Gasteiger partial charge in [-0.1, -0.05) is 0 Å². The van der Waals surface area contributed by atoms with Crippen LogP contribution in [0.15, 0.2) is 0 Å². The molecule has 0 aliphatic heterocycles. The standard InChI is InChI=1S/Bi.La.4H2O.Ti/h;;4*1H2;/q2*+3;;;;;/p-4. The molecule has 0 bridgehead atoms. The average molecular weight is 464 g/mol. The largest absolute Gasteiger partial charge is 3.00 e. The minimum atomic E-state index is 0. The van der Waals surface area contributed by atoms with Gasteiger partial charge >= 0.3 is 61.8 Å². The van der Waals surface area contributed by atoms with E-state index in [1.165, 1.54) is 0 Å². The van der Waals surface area contributed by atoms with Crippen molar-refractivity contribution in [3.63, 3.8) is 0 Å². The van der Waals surface area contributed by atoms with Crippen molar-refractivity contribution < 1.29 is 79.2 Å². The Morgan fingerprint density at radius 2 is 0.571 bits per heavy atom. The molecule has 38 valence electrons. The summed E-state index contributed by atoms with van der Waals surface area (Å²) in [4.78, 5) is 0. The molecule has 0 saturated carbocycles. The van der Waals surface area contributed by atoms with E-state index in [0.29, 0.717) is 0 Å². The second-order valence-corrected chi connectivity index (χ2v) is 0. The summed E-state index contributed by atoms with van der Waals surface area (Å²) in [5.41, 5.74) is 0. The Balaban J connectivity index is 0. The SMILES string of the molecule is [Bi+3].[La+3].[OH-].[OH-].[OH-].[OH-].[Ti]. The maximum atomic E-state index is 0. The van der Waals surface area contributed by atoms with Gasteiger partial charge in [0.15, 0.2) is 0 Å². The molecule has 7 heteroatoms. The van der Waals surface area contributed by atoms with E-state index in [1.807, 2.05) is 0 Å². The number of rotatable bonds is 0. The first-order chi connectivity index (χ1) is 0. The summed E-state index contributed by atoms with van der Waals surface area (Å²) >= 11 is 0. The third-order valence-corrected chi connectivity index (χ3v) is 0. The maximum absolute atomic E-state index is 0. The zero-order valence-electron chi connectivity index (χ0n) is 3.31. The van der Waals surface area contributed by atoms with Crippen molar-refractivity contribution in [1.82, 2.24) is 0 Å². The zero-order chi connectivity index (χ0) is 0. The zero-order valence-corrected chi connectivity index (χ0v) is 12.0. The quantitative estimate of drug-likeness (QED) is 0.424. The van der Waals surface area contributed by atoms with Gasteiger partial charge in [0.25, 0.3) is 0 Å². The molecule has 4 nitrogen and oxygen atoms in total. The van der Waals surface area contributed by atoms with Gasteiger partial charge in [-0.25, -0.2) is 0 Å². The molecule has 0 atom stereocenters. The maximum Gasteiger partial charge on any atom is 3.00 e. The van der Waals surface area contributed by atoms with Gasteiger partial charge in [0.05, 0.1) is 0 Å². The van der Waals surface area contributed by atoms with Crippen LogP contribution in [0.3, 0.4) is 0 Å². The minimum Gasteiger partial charge on any atom is -0.870 e. The second kappa shape index (κ2) is 72.6. The van der Waals surface area contributed by atoms with Gasteiger partial charge in [0.2, 0.25) is 0 Å². The Labute approximate surface area is 104 Å². The second-order valence-electron chi connectivity index (χ2n) is 0. The first-order valence-corrected chi connectivity index (χ1v) is 0. The van der Waals surface area contributed by atoms with Crippen LogP contribution in [-0.2, 0) is 21.7 Å². The molecular weight excluding hydrogens is 460 g/mol. The van der Waals surface area contributed by atoms with E-state index in [1.54, 1.807) is 0 Å². The van der Waals surface area contributed by atoms with Crippen LogP contribution in [-0.4, -0.2) is 48.1 Å². The molecule has 0 rings (SSSR count). The van der Waals surface area contributed by atoms with Gasteiger partial charge in [-0.15, -0.1) is 0 Å². The van der Waals surface area contributed by atoms with Crippen molar-refractivity contribution in [2.24, 2.45) is 0 Å². The summed E-state index contributed by atoms with van der Waals surface area (Å²) < 4.78 is 0. The Morgan fingerprint density at radius 1 is 0.571 bits per heavy atom. The van der Waals surface area contributed by atoms with E-state index in [2.05, 4.69) is 0 Å². The third kappa shape index (κ3) is 54.8. The Hall–Kier alpha value is 2.63. The molecule has 4 N–H and O–H groups in total.